The van der Waals surface area contributed by atoms with Crippen LogP contribution in [0.3, 0.4) is 0 Å². The number of methoxy groups -OCH3 is 2. The van der Waals surface area contributed by atoms with E-state index in [4.69, 9.17) is 14.5 Å². The van der Waals surface area contributed by atoms with Crippen molar-refractivity contribution in [2.24, 2.45) is 0 Å². The third kappa shape index (κ3) is 4.18. The van der Waals surface area contributed by atoms with Gasteiger partial charge in [-0.2, -0.15) is 0 Å². The Bertz CT molecular complexity index is 1540. The highest BCUT2D eigenvalue weighted by atomic mass is 32.1. The van der Waals surface area contributed by atoms with Gasteiger partial charge in [0.15, 0.2) is 0 Å². The fourth-order valence-corrected chi connectivity index (χ4v) is 4.35. The van der Waals surface area contributed by atoms with E-state index >= 15 is 0 Å². The summed E-state index contributed by atoms with van der Waals surface area (Å²) >= 11 is 1.33. The van der Waals surface area contributed by atoms with Crippen LogP contribution in [0, 0.1) is 0 Å². The summed E-state index contributed by atoms with van der Waals surface area (Å²) in [5, 5.41) is 10.3. The van der Waals surface area contributed by atoms with Gasteiger partial charge in [-0.15, -0.1) is 10.2 Å². The number of ether oxygens (including phenoxy) is 2. The van der Waals surface area contributed by atoms with Gasteiger partial charge in [0.1, 0.15) is 22.3 Å². The van der Waals surface area contributed by atoms with Gasteiger partial charge in [0.05, 0.1) is 25.1 Å². The number of para-hydroxylation sites is 1. The zero-order valence-electron chi connectivity index (χ0n) is 18.5. The predicted octanol–water partition coefficient (Wildman–Crippen LogP) is 5.09. The lowest BCUT2D eigenvalue weighted by Gasteiger charge is -2.08. The van der Waals surface area contributed by atoms with Gasteiger partial charge in [0.25, 0.3) is 5.56 Å². The average Bonchev–Trinajstić information content (AvgIpc) is 3.37. The summed E-state index contributed by atoms with van der Waals surface area (Å²) in [7, 11) is 3.25. The molecule has 0 atom stereocenters. The van der Waals surface area contributed by atoms with Crippen molar-refractivity contribution in [3.63, 3.8) is 0 Å². The predicted molar refractivity (Wildman–Crippen MR) is 135 cm³/mol. The molecule has 0 spiro atoms. The van der Waals surface area contributed by atoms with Crippen LogP contribution in [-0.2, 0) is 0 Å². The van der Waals surface area contributed by atoms with E-state index in [2.05, 4.69) is 10.2 Å². The van der Waals surface area contributed by atoms with Crippen LogP contribution in [-0.4, -0.2) is 34.0 Å². The Morgan fingerprint density at radius 3 is 2.21 bits per heavy atom. The third-order valence-electron chi connectivity index (χ3n) is 5.28. The minimum Gasteiger partial charge on any atom is -0.497 e. The lowest BCUT2D eigenvalue weighted by Crippen LogP contribution is -2.22. The number of aromatic nitrogens is 4. The summed E-state index contributed by atoms with van der Waals surface area (Å²) in [5.74, 6) is 2.00. The van der Waals surface area contributed by atoms with Crippen molar-refractivity contribution in [2.45, 2.75) is 0 Å². The minimum absolute atomic E-state index is 0.197. The topological polar surface area (TPSA) is 79.1 Å². The smallest absolute Gasteiger partial charge is 0.268 e. The molecule has 0 unspecified atom stereocenters. The monoisotopic (exact) mass is 468 g/mol. The maximum absolute atomic E-state index is 13.5. The van der Waals surface area contributed by atoms with Crippen molar-refractivity contribution in [1.29, 1.82) is 0 Å². The van der Waals surface area contributed by atoms with Crippen LogP contribution in [0.1, 0.15) is 11.4 Å². The Morgan fingerprint density at radius 1 is 0.824 bits per heavy atom. The molecule has 0 amide bonds. The molecular weight excluding hydrogens is 448 g/mol. The average molecular weight is 469 g/mol. The Kier molecular flexibility index (Phi) is 5.88. The number of fused-ring (bicyclic) bond motifs is 1. The van der Waals surface area contributed by atoms with Crippen LogP contribution in [0.25, 0.3) is 38.8 Å². The molecule has 34 heavy (non-hydrogen) atoms. The van der Waals surface area contributed by atoms with Crippen LogP contribution in [0.4, 0.5) is 0 Å². The summed E-state index contributed by atoms with van der Waals surface area (Å²) in [5.41, 5.74) is 2.27. The molecule has 0 aliphatic heterocycles. The summed E-state index contributed by atoms with van der Waals surface area (Å²) in [4.78, 5) is 18.2. The van der Waals surface area contributed by atoms with Crippen molar-refractivity contribution in [1.82, 2.24) is 19.7 Å². The van der Waals surface area contributed by atoms with Gasteiger partial charge in [-0.1, -0.05) is 41.7 Å². The highest BCUT2D eigenvalue weighted by Gasteiger charge is 2.16. The maximum Gasteiger partial charge on any atom is 0.268 e. The van der Waals surface area contributed by atoms with Gasteiger partial charge < -0.3 is 9.47 Å². The largest absolute Gasteiger partial charge is 0.497 e. The normalized spacial score (nSPS) is 11.2. The van der Waals surface area contributed by atoms with E-state index in [1.54, 1.807) is 20.3 Å². The molecule has 0 saturated carbocycles. The lowest BCUT2D eigenvalue weighted by atomic mass is 10.2. The minimum atomic E-state index is -0.197. The standard InChI is InChI=1S/C26H20N4O3S/c1-32-19-12-7-17(8-13-19)9-16-23-27-22-6-4-3-5-21(22)25(31)30(23)26-29-28-24(34-26)18-10-14-20(33-2)15-11-18/h3-16H,1-2H3/b16-9+. The molecule has 2 heterocycles. The summed E-state index contributed by atoms with van der Waals surface area (Å²) < 4.78 is 12.0. The van der Waals surface area contributed by atoms with Gasteiger partial charge in [0, 0.05) is 5.56 Å². The van der Waals surface area contributed by atoms with Crippen LogP contribution >= 0.6 is 11.3 Å². The first-order chi connectivity index (χ1) is 16.7. The summed E-state index contributed by atoms with van der Waals surface area (Å²) in [6.07, 6.45) is 3.71. The zero-order valence-corrected chi connectivity index (χ0v) is 19.3. The maximum atomic E-state index is 13.5. The fraction of sp³-hybridized carbons (Fsp3) is 0.0769. The number of hydrogen-bond acceptors (Lipinski definition) is 7. The third-order valence-corrected chi connectivity index (χ3v) is 6.24. The Labute approximate surface area is 199 Å². The van der Waals surface area contributed by atoms with Crippen molar-refractivity contribution in [3.05, 3.63) is 94.5 Å². The molecule has 0 aliphatic rings. The summed E-state index contributed by atoms with van der Waals surface area (Å²) in [6.45, 7) is 0. The molecule has 8 heteroatoms. The van der Waals surface area contributed by atoms with E-state index < -0.39 is 0 Å². The van der Waals surface area contributed by atoms with Crippen LogP contribution in [0.15, 0.2) is 77.6 Å². The first kappa shape index (κ1) is 21.5. The van der Waals surface area contributed by atoms with Crippen LogP contribution < -0.4 is 15.0 Å². The highest BCUT2D eigenvalue weighted by Crippen LogP contribution is 2.27. The SMILES string of the molecule is COc1ccc(/C=C/c2nc3ccccc3c(=O)n2-c2nnc(-c3ccc(OC)cc3)s2)cc1. The van der Waals surface area contributed by atoms with Crippen molar-refractivity contribution < 1.29 is 9.47 Å². The van der Waals surface area contributed by atoms with Gasteiger partial charge in [0.2, 0.25) is 5.13 Å². The molecule has 0 bridgehead atoms. The number of hydrogen-bond donors (Lipinski definition) is 0. The van der Waals surface area contributed by atoms with Gasteiger partial charge in [-0.25, -0.2) is 9.55 Å². The highest BCUT2D eigenvalue weighted by molar-refractivity contribution is 7.17. The molecule has 168 valence electrons. The molecule has 0 N–H and O–H groups in total. The van der Waals surface area contributed by atoms with Gasteiger partial charge in [-0.3, -0.25) is 4.79 Å². The Morgan fingerprint density at radius 2 is 1.50 bits per heavy atom. The Hall–Kier alpha value is -4.30. The van der Waals surface area contributed by atoms with Gasteiger partial charge >= 0.3 is 0 Å². The molecule has 7 nitrogen and oxygen atoms in total. The number of benzene rings is 3. The second-order valence-corrected chi connectivity index (χ2v) is 8.31. The van der Waals surface area contributed by atoms with E-state index in [-0.39, 0.29) is 5.56 Å². The number of rotatable bonds is 6. The molecule has 5 rings (SSSR count). The van der Waals surface area contributed by atoms with Crippen molar-refractivity contribution >= 4 is 34.4 Å². The van der Waals surface area contributed by atoms with Crippen LogP contribution in [0.5, 0.6) is 11.5 Å². The summed E-state index contributed by atoms with van der Waals surface area (Å²) in [6, 6.07) is 22.5. The molecule has 5 aromatic rings. The van der Waals surface area contributed by atoms with Crippen molar-refractivity contribution in [3.8, 4) is 27.2 Å². The van der Waals surface area contributed by atoms with E-state index in [0.29, 0.717) is 26.9 Å². The molecule has 0 fully saturated rings. The van der Waals surface area contributed by atoms with E-state index in [1.165, 1.54) is 15.9 Å². The van der Waals surface area contributed by atoms with Crippen LogP contribution in [0.2, 0.25) is 0 Å². The van der Waals surface area contributed by atoms with E-state index in [1.807, 2.05) is 78.9 Å². The first-order valence-corrected chi connectivity index (χ1v) is 11.3. The quantitative estimate of drug-likeness (QED) is 0.345. The first-order valence-electron chi connectivity index (χ1n) is 10.5. The second kappa shape index (κ2) is 9.29. The molecule has 0 radical (unpaired) electrons. The Balaban J connectivity index is 1.60. The zero-order chi connectivity index (χ0) is 23.5. The number of nitrogens with zero attached hydrogens (tertiary/aromatic N) is 4. The fourth-order valence-electron chi connectivity index (χ4n) is 3.49. The van der Waals surface area contributed by atoms with E-state index in [9.17, 15) is 4.79 Å². The second-order valence-electron chi connectivity index (χ2n) is 7.35. The molecule has 0 saturated heterocycles. The molecule has 2 aromatic heterocycles. The van der Waals surface area contributed by atoms with Crippen molar-refractivity contribution in [2.75, 3.05) is 14.2 Å². The molecular formula is C26H20N4O3S. The lowest BCUT2D eigenvalue weighted by molar-refractivity contribution is 0.414. The van der Waals surface area contributed by atoms with E-state index in [0.717, 1.165) is 22.6 Å². The molecule has 3 aromatic carbocycles. The molecule has 0 aliphatic carbocycles. The van der Waals surface area contributed by atoms with Gasteiger partial charge in [-0.05, 0) is 60.2 Å².